The first-order valence-corrected chi connectivity index (χ1v) is 6.42. The van der Waals surface area contributed by atoms with Gasteiger partial charge in [-0.2, -0.15) is 5.26 Å². The van der Waals surface area contributed by atoms with E-state index in [-0.39, 0.29) is 0 Å². The summed E-state index contributed by atoms with van der Waals surface area (Å²) in [7, 11) is 0. The molecular formula is C17H14N2O. The average Bonchev–Trinajstić information content (AvgIpc) is 2.95. The molecule has 2 aromatic carbocycles. The van der Waals surface area contributed by atoms with E-state index in [1.165, 1.54) is 0 Å². The lowest BCUT2D eigenvalue weighted by molar-refractivity contribution is 0.104. The van der Waals surface area contributed by atoms with Gasteiger partial charge in [-0.25, -0.2) is 0 Å². The fourth-order valence-electron chi connectivity index (χ4n) is 2.53. The maximum absolute atomic E-state index is 10.9. The third-order valence-corrected chi connectivity index (χ3v) is 3.70. The zero-order valence-corrected chi connectivity index (χ0v) is 11.1. The van der Waals surface area contributed by atoms with E-state index in [2.05, 4.69) is 11.1 Å². The summed E-state index contributed by atoms with van der Waals surface area (Å²) in [6, 6.07) is 16.9. The summed E-state index contributed by atoms with van der Waals surface area (Å²) >= 11 is 0. The Kier molecular flexibility index (Phi) is 2.81. The van der Waals surface area contributed by atoms with E-state index < -0.39 is 5.60 Å². The normalized spacial score (nSPS) is 13.8. The topological polar surface area (TPSA) is 59.8 Å². The van der Waals surface area contributed by atoms with E-state index in [0.29, 0.717) is 5.56 Å². The number of H-pyrrole nitrogens is 1. The molecule has 0 aliphatic rings. The van der Waals surface area contributed by atoms with Crippen LogP contribution >= 0.6 is 0 Å². The van der Waals surface area contributed by atoms with Crippen LogP contribution < -0.4 is 0 Å². The third kappa shape index (κ3) is 1.87. The van der Waals surface area contributed by atoms with E-state index in [9.17, 15) is 5.11 Å². The van der Waals surface area contributed by atoms with Gasteiger partial charge >= 0.3 is 0 Å². The minimum absolute atomic E-state index is 0.587. The number of nitrogens with one attached hydrogen (secondary N) is 1. The SMILES string of the molecule is CC(O)(c1ccc(C#N)cc1)c1cccc2[nH]ccc12. The molecule has 1 heterocycles. The number of aromatic amines is 1. The van der Waals surface area contributed by atoms with Crippen LogP contribution in [0.2, 0.25) is 0 Å². The Labute approximate surface area is 117 Å². The summed E-state index contributed by atoms with van der Waals surface area (Å²) in [5.74, 6) is 0. The van der Waals surface area contributed by atoms with Gasteiger partial charge in [0, 0.05) is 17.1 Å². The van der Waals surface area contributed by atoms with Gasteiger partial charge < -0.3 is 10.1 Å². The molecule has 2 N–H and O–H groups in total. The Morgan fingerprint density at radius 2 is 1.85 bits per heavy atom. The molecule has 0 spiro atoms. The van der Waals surface area contributed by atoms with E-state index in [0.717, 1.165) is 22.0 Å². The van der Waals surface area contributed by atoms with Crippen molar-refractivity contribution >= 4 is 10.9 Å². The standard InChI is InChI=1S/C17H14N2O/c1-17(20,13-7-5-12(11-18)6-8-13)15-3-2-4-16-14(15)9-10-19-16/h2-10,19-20H,1H3. The second-order valence-electron chi connectivity index (χ2n) is 5.01. The second kappa shape index (κ2) is 4.52. The molecule has 0 radical (unpaired) electrons. The first kappa shape index (κ1) is 12.5. The molecule has 3 aromatic rings. The van der Waals surface area contributed by atoms with Crippen LogP contribution in [0.25, 0.3) is 10.9 Å². The smallest absolute Gasteiger partial charge is 0.112 e. The molecule has 3 heteroatoms. The highest BCUT2D eigenvalue weighted by Crippen LogP contribution is 2.33. The quantitative estimate of drug-likeness (QED) is 0.744. The number of hydrogen-bond donors (Lipinski definition) is 2. The van der Waals surface area contributed by atoms with Gasteiger partial charge in [0.15, 0.2) is 0 Å². The zero-order chi connectivity index (χ0) is 14.2. The maximum Gasteiger partial charge on any atom is 0.112 e. The molecule has 3 nitrogen and oxygen atoms in total. The average molecular weight is 262 g/mol. The predicted molar refractivity (Wildman–Crippen MR) is 78.1 cm³/mol. The van der Waals surface area contributed by atoms with Crippen LogP contribution in [0.5, 0.6) is 0 Å². The highest BCUT2D eigenvalue weighted by molar-refractivity contribution is 5.84. The molecule has 0 saturated heterocycles. The number of hydrogen-bond acceptors (Lipinski definition) is 2. The van der Waals surface area contributed by atoms with Crippen molar-refractivity contribution in [2.24, 2.45) is 0 Å². The highest BCUT2D eigenvalue weighted by atomic mass is 16.3. The molecule has 0 aliphatic heterocycles. The number of aliphatic hydroxyl groups is 1. The lowest BCUT2D eigenvalue weighted by Crippen LogP contribution is -2.22. The Balaban J connectivity index is 2.15. The van der Waals surface area contributed by atoms with Crippen molar-refractivity contribution in [1.29, 1.82) is 5.26 Å². The van der Waals surface area contributed by atoms with Gasteiger partial charge in [0.2, 0.25) is 0 Å². The van der Waals surface area contributed by atoms with Gasteiger partial charge in [-0.15, -0.1) is 0 Å². The van der Waals surface area contributed by atoms with Gasteiger partial charge in [-0.3, -0.25) is 0 Å². The van der Waals surface area contributed by atoms with Crippen LogP contribution in [0, 0.1) is 11.3 Å². The van der Waals surface area contributed by atoms with Crippen LogP contribution in [-0.2, 0) is 5.60 Å². The Morgan fingerprint density at radius 1 is 1.10 bits per heavy atom. The number of fused-ring (bicyclic) bond motifs is 1. The van der Waals surface area contributed by atoms with E-state index in [4.69, 9.17) is 5.26 Å². The molecule has 1 unspecified atom stereocenters. The van der Waals surface area contributed by atoms with Crippen LogP contribution in [0.3, 0.4) is 0 Å². The van der Waals surface area contributed by atoms with Gasteiger partial charge in [0.25, 0.3) is 0 Å². The van der Waals surface area contributed by atoms with E-state index in [1.54, 1.807) is 31.2 Å². The van der Waals surface area contributed by atoms with Gasteiger partial charge in [-0.05, 0) is 42.3 Å². The minimum atomic E-state index is -1.10. The van der Waals surface area contributed by atoms with Crippen molar-refractivity contribution in [3.8, 4) is 6.07 Å². The Bertz CT molecular complexity index is 792. The Morgan fingerprint density at radius 3 is 2.55 bits per heavy atom. The van der Waals surface area contributed by atoms with Crippen molar-refractivity contribution < 1.29 is 5.11 Å². The maximum atomic E-state index is 10.9. The predicted octanol–water partition coefficient (Wildman–Crippen LogP) is 3.30. The van der Waals surface area contributed by atoms with Crippen LogP contribution in [0.1, 0.15) is 23.6 Å². The summed E-state index contributed by atoms with van der Waals surface area (Å²) in [6.07, 6.45) is 1.86. The molecule has 20 heavy (non-hydrogen) atoms. The van der Waals surface area contributed by atoms with Crippen molar-refractivity contribution in [3.63, 3.8) is 0 Å². The first-order chi connectivity index (χ1) is 9.63. The minimum Gasteiger partial charge on any atom is -0.381 e. The number of nitrogens with zero attached hydrogens (tertiary/aromatic N) is 1. The fraction of sp³-hybridized carbons (Fsp3) is 0.118. The van der Waals surface area contributed by atoms with E-state index in [1.807, 2.05) is 30.5 Å². The van der Waals surface area contributed by atoms with Crippen LogP contribution in [0.15, 0.2) is 54.7 Å². The number of nitriles is 1. The van der Waals surface area contributed by atoms with Crippen molar-refractivity contribution in [1.82, 2.24) is 4.98 Å². The number of rotatable bonds is 2. The summed E-state index contributed by atoms with van der Waals surface area (Å²) in [6.45, 7) is 1.77. The second-order valence-corrected chi connectivity index (χ2v) is 5.01. The van der Waals surface area contributed by atoms with E-state index >= 15 is 0 Å². The number of aromatic nitrogens is 1. The lowest BCUT2D eigenvalue weighted by atomic mass is 9.86. The number of benzene rings is 2. The summed E-state index contributed by atoms with van der Waals surface area (Å²) < 4.78 is 0. The van der Waals surface area contributed by atoms with Gasteiger partial charge in [0.05, 0.1) is 11.6 Å². The molecule has 98 valence electrons. The van der Waals surface area contributed by atoms with Crippen molar-refractivity contribution in [2.75, 3.05) is 0 Å². The molecule has 0 saturated carbocycles. The zero-order valence-electron chi connectivity index (χ0n) is 11.1. The highest BCUT2D eigenvalue weighted by Gasteiger charge is 2.27. The lowest BCUT2D eigenvalue weighted by Gasteiger charge is -2.25. The monoisotopic (exact) mass is 262 g/mol. The van der Waals surface area contributed by atoms with Crippen LogP contribution in [-0.4, -0.2) is 10.1 Å². The van der Waals surface area contributed by atoms with Crippen molar-refractivity contribution in [3.05, 3.63) is 71.4 Å². The molecule has 1 atom stereocenters. The summed E-state index contributed by atoms with van der Waals surface area (Å²) in [4.78, 5) is 3.15. The molecule has 1 aromatic heterocycles. The van der Waals surface area contributed by atoms with Crippen LogP contribution in [0.4, 0.5) is 0 Å². The summed E-state index contributed by atoms with van der Waals surface area (Å²) in [5, 5.41) is 20.8. The molecule has 0 bridgehead atoms. The largest absolute Gasteiger partial charge is 0.381 e. The molecule has 3 rings (SSSR count). The Hall–Kier alpha value is -2.57. The van der Waals surface area contributed by atoms with Crippen molar-refractivity contribution in [2.45, 2.75) is 12.5 Å². The first-order valence-electron chi connectivity index (χ1n) is 6.42. The molecule has 0 aliphatic carbocycles. The molecule has 0 amide bonds. The molecular weight excluding hydrogens is 248 g/mol. The third-order valence-electron chi connectivity index (χ3n) is 3.70. The van der Waals surface area contributed by atoms with Gasteiger partial charge in [-0.1, -0.05) is 24.3 Å². The summed E-state index contributed by atoms with van der Waals surface area (Å²) in [5.41, 5.74) is 2.10. The fourth-order valence-corrected chi connectivity index (χ4v) is 2.53. The molecule has 0 fully saturated rings. The van der Waals surface area contributed by atoms with Gasteiger partial charge in [0.1, 0.15) is 5.60 Å².